The fraction of sp³-hybridized carbons (Fsp3) is 0.727. The first-order valence-electron chi connectivity index (χ1n) is 10.1. The zero-order valence-corrected chi connectivity index (χ0v) is 16.6. The number of aliphatic hydroxyl groups is 3. The molecule has 8 atom stereocenters. The first-order valence-corrected chi connectivity index (χ1v) is 10.1. The van der Waals surface area contributed by atoms with Crippen molar-refractivity contribution >= 4 is 11.6 Å². The highest BCUT2D eigenvalue weighted by molar-refractivity contribution is 6.01. The van der Waals surface area contributed by atoms with Crippen LogP contribution in [-0.4, -0.2) is 50.9 Å². The Hall–Kier alpha value is -1.37. The molecule has 0 aliphatic heterocycles. The minimum atomic E-state index is -2.02. The molecule has 0 aromatic heterocycles. The van der Waals surface area contributed by atoms with Gasteiger partial charge in [-0.3, -0.25) is 9.59 Å². The number of carbonyl (C=O) groups excluding carboxylic acids is 2. The molecule has 3 saturated carbocycles. The van der Waals surface area contributed by atoms with E-state index in [1.165, 1.54) is 6.08 Å². The van der Waals surface area contributed by atoms with Gasteiger partial charge in [0.1, 0.15) is 17.9 Å². The van der Waals surface area contributed by atoms with Gasteiger partial charge < -0.3 is 15.3 Å². The van der Waals surface area contributed by atoms with Crippen LogP contribution in [0.1, 0.15) is 46.5 Å². The van der Waals surface area contributed by atoms with Crippen LogP contribution >= 0.6 is 0 Å². The summed E-state index contributed by atoms with van der Waals surface area (Å²) in [6.45, 7) is 4.29. The average Bonchev–Trinajstić information content (AvgIpc) is 2.79. The van der Waals surface area contributed by atoms with Gasteiger partial charge in [-0.1, -0.05) is 32.4 Å². The Morgan fingerprint density at radius 2 is 2.00 bits per heavy atom. The number of hydrogen-bond donors (Lipinski definition) is 3. The molecule has 5 nitrogen and oxygen atoms in total. The van der Waals surface area contributed by atoms with Gasteiger partial charge in [0.05, 0.1) is 6.10 Å². The molecule has 28 heavy (non-hydrogen) atoms. The van der Waals surface area contributed by atoms with Crippen LogP contribution in [0, 0.1) is 28.6 Å². The normalized spacial score (nSPS) is 52.5. The van der Waals surface area contributed by atoms with E-state index in [0.717, 1.165) is 5.57 Å². The number of fused-ring (bicyclic) bond motifs is 5. The fourth-order valence-corrected chi connectivity index (χ4v) is 7.31. The van der Waals surface area contributed by atoms with Gasteiger partial charge in [0, 0.05) is 22.7 Å². The molecule has 0 amide bonds. The van der Waals surface area contributed by atoms with Crippen molar-refractivity contribution in [2.24, 2.45) is 28.6 Å². The Bertz CT molecular complexity index is 805. The zero-order valence-electron chi connectivity index (χ0n) is 16.6. The van der Waals surface area contributed by atoms with Crippen LogP contribution in [0.5, 0.6) is 0 Å². The highest BCUT2D eigenvalue weighted by Crippen LogP contribution is 2.71. The number of alkyl halides is 1. The molecule has 0 saturated heterocycles. The third kappa shape index (κ3) is 2.06. The maximum Gasteiger partial charge on any atom is 0.190 e. The number of carbonyl (C=O) groups is 2. The van der Waals surface area contributed by atoms with E-state index in [-0.39, 0.29) is 18.6 Å². The lowest BCUT2D eigenvalue weighted by Gasteiger charge is -2.61. The van der Waals surface area contributed by atoms with Crippen molar-refractivity contribution < 1.29 is 29.3 Å². The number of allylic oxidation sites excluding steroid dienone is 4. The molecule has 8 unspecified atom stereocenters. The number of halogens is 1. The lowest BCUT2D eigenvalue weighted by atomic mass is 9.45. The first-order chi connectivity index (χ1) is 13.0. The van der Waals surface area contributed by atoms with Crippen molar-refractivity contribution in [1.82, 2.24) is 0 Å². The maximum absolute atomic E-state index is 16.9. The predicted octanol–water partition coefficient (Wildman–Crippen LogP) is 1.90. The van der Waals surface area contributed by atoms with Crippen molar-refractivity contribution in [2.75, 3.05) is 6.61 Å². The monoisotopic (exact) mass is 392 g/mol. The number of ketones is 2. The number of rotatable bonds is 2. The van der Waals surface area contributed by atoms with E-state index < -0.39 is 58.3 Å². The Labute approximate surface area is 164 Å². The molecule has 0 heterocycles. The first kappa shape index (κ1) is 19.9. The van der Waals surface area contributed by atoms with E-state index in [1.54, 1.807) is 26.0 Å². The van der Waals surface area contributed by atoms with Crippen LogP contribution in [0.25, 0.3) is 0 Å². The smallest absolute Gasteiger partial charge is 0.190 e. The molecule has 0 radical (unpaired) electrons. The average molecular weight is 392 g/mol. The molecule has 6 heteroatoms. The van der Waals surface area contributed by atoms with Gasteiger partial charge in [-0.25, -0.2) is 4.39 Å². The fourth-order valence-electron chi connectivity index (χ4n) is 7.31. The molecule has 0 aromatic rings. The lowest BCUT2D eigenvalue weighted by molar-refractivity contribution is -0.215. The Balaban J connectivity index is 1.84. The van der Waals surface area contributed by atoms with Gasteiger partial charge in [-0.05, 0) is 43.8 Å². The molecular formula is C22H29FO5. The van der Waals surface area contributed by atoms with Crippen LogP contribution in [0.2, 0.25) is 0 Å². The Morgan fingerprint density at radius 3 is 2.64 bits per heavy atom. The maximum atomic E-state index is 16.9. The summed E-state index contributed by atoms with van der Waals surface area (Å²) in [5.41, 5.74) is -5.05. The summed E-state index contributed by atoms with van der Waals surface area (Å²) in [4.78, 5) is 24.4. The van der Waals surface area contributed by atoms with Gasteiger partial charge in [0.15, 0.2) is 11.6 Å². The summed E-state index contributed by atoms with van der Waals surface area (Å²) >= 11 is 0. The van der Waals surface area contributed by atoms with Crippen LogP contribution < -0.4 is 0 Å². The van der Waals surface area contributed by atoms with Crippen LogP contribution in [0.3, 0.4) is 0 Å². The number of aliphatic hydroxyl groups excluding tert-OH is 2. The Kier molecular flexibility index (Phi) is 4.15. The molecule has 0 aromatic carbocycles. The zero-order chi connectivity index (χ0) is 20.7. The molecule has 3 fully saturated rings. The molecule has 154 valence electrons. The van der Waals surface area contributed by atoms with Crippen molar-refractivity contribution in [2.45, 2.75) is 63.8 Å². The highest BCUT2D eigenvalue weighted by Gasteiger charge is 2.77. The van der Waals surface area contributed by atoms with Gasteiger partial charge in [0.25, 0.3) is 0 Å². The van der Waals surface area contributed by atoms with E-state index >= 15 is 4.39 Å². The topological polar surface area (TPSA) is 94.8 Å². The standard InChI is InChI=1S/C22H29FO5/c1-12-9-21(23)15-5-4-13-8-14(25)6-7-19(13,2)18(15)16(26)10-20(21,3)22(12,28)17(27)11-24/h6-8,12,15-16,18,24,26,28H,4-5,9-11H2,1-3H3. The van der Waals surface area contributed by atoms with E-state index in [9.17, 15) is 24.9 Å². The van der Waals surface area contributed by atoms with Crippen LogP contribution in [0.4, 0.5) is 4.39 Å². The summed E-state index contributed by atoms with van der Waals surface area (Å²) in [5.74, 6) is -2.52. The summed E-state index contributed by atoms with van der Waals surface area (Å²) < 4.78 is 16.9. The summed E-state index contributed by atoms with van der Waals surface area (Å²) in [6, 6.07) is 0. The molecule has 4 rings (SSSR count). The van der Waals surface area contributed by atoms with Crippen molar-refractivity contribution in [1.29, 1.82) is 0 Å². The second-order valence-electron chi connectivity index (χ2n) is 9.78. The van der Waals surface area contributed by atoms with Crippen molar-refractivity contribution in [3.05, 3.63) is 23.8 Å². The van der Waals surface area contributed by atoms with E-state index in [4.69, 9.17) is 0 Å². The predicted molar refractivity (Wildman–Crippen MR) is 99.9 cm³/mol. The molecule has 0 bridgehead atoms. The van der Waals surface area contributed by atoms with Crippen LogP contribution in [0.15, 0.2) is 23.8 Å². The second kappa shape index (κ2) is 5.83. The van der Waals surface area contributed by atoms with Gasteiger partial charge in [-0.15, -0.1) is 0 Å². The summed E-state index contributed by atoms with van der Waals surface area (Å²) in [7, 11) is 0. The molecule has 4 aliphatic carbocycles. The van der Waals surface area contributed by atoms with Crippen LogP contribution in [-0.2, 0) is 9.59 Å². The molecule has 3 N–H and O–H groups in total. The van der Waals surface area contributed by atoms with Crippen molar-refractivity contribution in [3.63, 3.8) is 0 Å². The quantitative estimate of drug-likeness (QED) is 0.667. The lowest BCUT2D eigenvalue weighted by Crippen LogP contribution is -2.68. The largest absolute Gasteiger partial charge is 0.393 e. The van der Waals surface area contributed by atoms with E-state index in [0.29, 0.717) is 12.8 Å². The summed E-state index contributed by atoms with van der Waals surface area (Å²) in [5, 5.41) is 32.0. The van der Waals surface area contributed by atoms with Gasteiger partial charge >= 0.3 is 0 Å². The molecule has 4 aliphatic rings. The van der Waals surface area contributed by atoms with E-state index in [2.05, 4.69) is 0 Å². The van der Waals surface area contributed by atoms with E-state index in [1.807, 2.05) is 6.92 Å². The minimum absolute atomic E-state index is 0.0113. The second-order valence-corrected chi connectivity index (χ2v) is 9.78. The van der Waals surface area contributed by atoms with Crippen molar-refractivity contribution in [3.8, 4) is 0 Å². The van der Waals surface area contributed by atoms with Gasteiger partial charge in [-0.2, -0.15) is 0 Å². The highest BCUT2D eigenvalue weighted by atomic mass is 19.1. The third-order valence-corrected chi connectivity index (χ3v) is 8.72. The van der Waals surface area contributed by atoms with Gasteiger partial charge in [0.2, 0.25) is 0 Å². The SMILES string of the molecule is CC1CC2(F)C3CCC4=CC(=O)C=CC4(C)C3C(O)CC2(C)C1(O)C(=O)CO. The number of Topliss-reactive ketones (excluding diaryl/α,β-unsaturated/α-hetero) is 1. The number of hydrogen-bond acceptors (Lipinski definition) is 5. The summed E-state index contributed by atoms with van der Waals surface area (Å²) in [6.07, 6.45) is 4.88. The molecule has 0 spiro atoms. The third-order valence-electron chi connectivity index (χ3n) is 8.72. The molecular weight excluding hydrogens is 363 g/mol. The Morgan fingerprint density at radius 1 is 1.32 bits per heavy atom. The minimum Gasteiger partial charge on any atom is -0.393 e.